The number of pyridine rings is 2. The highest BCUT2D eigenvalue weighted by Gasteiger charge is 2.19. The quantitative estimate of drug-likeness (QED) is 0.283. The van der Waals surface area contributed by atoms with Crippen LogP contribution in [0.25, 0.3) is 38.9 Å². The summed E-state index contributed by atoms with van der Waals surface area (Å²) in [6.45, 7) is 0. The SMILES string of the molecule is N#Cc1c2nc(-c3ccc(Br)cc3)cc(-c3ccc(Cl)cc3)c2n2ccccc12. The van der Waals surface area contributed by atoms with Gasteiger partial charge in [0, 0.05) is 26.8 Å². The number of nitrogens with zero attached hydrogens (tertiary/aromatic N) is 3. The number of nitriles is 1. The predicted molar refractivity (Wildman–Crippen MR) is 121 cm³/mol. The van der Waals surface area contributed by atoms with E-state index in [0.717, 1.165) is 37.9 Å². The summed E-state index contributed by atoms with van der Waals surface area (Å²) < 4.78 is 3.04. The van der Waals surface area contributed by atoms with Crippen LogP contribution < -0.4 is 0 Å². The number of hydrogen-bond donors (Lipinski definition) is 0. The molecule has 0 bridgehead atoms. The largest absolute Gasteiger partial charge is 0.313 e. The molecule has 0 aliphatic carbocycles. The number of fused-ring (bicyclic) bond motifs is 3. The average Bonchev–Trinajstić information content (AvgIpc) is 3.08. The third kappa shape index (κ3) is 3.00. The van der Waals surface area contributed by atoms with Gasteiger partial charge in [-0.05, 0) is 48.0 Å². The molecule has 0 saturated heterocycles. The molecule has 3 aromatic heterocycles. The topological polar surface area (TPSA) is 41.1 Å². The lowest BCUT2D eigenvalue weighted by Crippen LogP contribution is -1.91. The lowest BCUT2D eigenvalue weighted by Gasteiger charge is -2.10. The summed E-state index contributed by atoms with van der Waals surface area (Å²) in [7, 11) is 0. The van der Waals surface area contributed by atoms with Gasteiger partial charge in [-0.1, -0.05) is 57.9 Å². The monoisotopic (exact) mass is 457 g/mol. The predicted octanol–water partition coefficient (Wildman–Crippen LogP) is 7.11. The van der Waals surface area contributed by atoms with Gasteiger partial charge < -0.3 is 4.40 Å². The van der Waals surface area contributed by atoms with Crippen LogP contribution in [-0.4, -0.2) is 9.38 Å². The van der Waals surface area contributed by atoms with Gasteiger partial charge in [0.2, 0.25) is 0 Å². The van der Waals surface area contributed by atoms with Gasteiger partial charge in [-0.3, -0.25) is 0 Å². The molecule has 0 spiro atoms. The molecule has 0 saturated carbocycles. The molecular formula is C24H13BrClN3. The van der Waals surface area contributed by atoms with Crippen molar-refractivity contribution < 1.29 is 0 Å². The molecule has 0 atom stereocenters. The Kier molecular flexibility index (Phi) is 4.35. The minimum Gasteiger partial charge on any atom is -0.313 e. The third-order valence-electron chi connectivity index (χ3n) is 4.99. The molecule has 0 amide bonds. The highest BCUT2D eigenvalue weighted by molar-refractivity contribution is 9.10. The first kappa shape index (κ1) is 17.9. The van der Waals surface area contributed by atoms with Crippen LogP contribution in [0.3, 0.4) is 0 Å². The number of halogens is 2. The van der Waals surface area contributed by atoms with Gasteiger partial charge in [-0.15, -0.1) is 0 Å². The lowest BCUT2D eigenvalue weighted by molar-refractivity contribution is 1.25. The zero-order valence-corrected chi connectivity index (χ0v) is 17.4. The molecule has 0 N–H and O–H groups in total. The van der Waals surface area contributed by atoms with Crippen molar-refractivity contribution in [2.24, 2.45) is 0 Å². The van der Waals surface area contributed by atoms with E-state index in [0.29, 0.717) is 16.1 Å². The maximum atomic E-state index is 9.89. The molecule has 0 aliphatic heterocycles. The van der Waals surface area contributed by atoms with Crippen LogP contribution in [0.1, 0.15) is 5.56 Å². The smallest absolute Gasteiger partial charge is 0.108 e. The molecule has 0 unspecified atom stereocenters. The number of hydrogen-bond acceptors (Lipinski definition) is 2. The standard InChI is InChI=1S/C24H13BrClN3/c25-17-8-4-16(5-9-17)21-13-19(15-6-10-18(26)11-7-15)24-23(28-21)20(14-27)22-3-1-2-12-29(22)24/h1-13H. The molecule has 0 aliphatic rings. The van der Waals surface area contributed by atoms with Crippen LogP contribution in [0.15, 0.2) is 83.5 Å². The van der Waals surface area contributed by atoms with Crippen molar-refractivity contribution in [2.45, 2.75) is 0 Å². The van der Waals surface area contributed by atoms with E-state index in [1.165, 1.54) is 0 Å². The summed E-state index contributed by atoms with van der Waals surface area (Å²) >= 11 is 9.60. The summed E-state index contributed by atoms with van der Waals surface area (Å²) in [5.41, 5.74) is 6.88. The molecule has 5 rings (SSSR count). The molecule has 138 valence electrons. The van der Waals surface area contributed by atoms with Crippen molar-refractivity contribution in [1.29, 1.82) is 5.26 Å². The van der Waals surface area contributed by atoms with E-state index >= 15 is 0 Å². The molecule has 29 heavy (non-hydrogen) atoms. The Hall–Kier alpha value is -3.13. The minimum absolute atomic E-state index is 0.578. The highest BCUT2D eigenvalue weighted by atomic mass is 79.9. The van der Waals surface area contributed by atoms with Crippen LogP contribution in [0.4, 0.5) is 0 Å². The van der Waals surface area contributed by atoms with Crippen LogP contribution >= 0.6 is 27.5 Å². The Morgan fingerprint density at radius 2 is 1.66 bits per heavy atom. The number of rotatable bonds is 2. The average molecular weight is 459 g/mol. The van der Waals surface area contributed by atoms with Crippen LogP contribution in [0, 0.1) is 11.3 Å². The molecular weight excluding hydrogens is 446 g/mol. The fourth-order valence-electron chi connectivity index (χ4n) is 3.65. The number of aromatic nitrogens is 2. The van der Waals surface area contributed by atoms with Gasteiger partial charge in [-0.25, -0.2) is 4.98 Å². The maximum Gasteiger partial charge on any atom is 0.108 e. The van der Waals surface area contributed by atoms with E-state index in [2.05, 4.69) is 28.1 Å². The van der Waals surface area contributed by atoms with Gasteiger partial charge >= 0.3 is 0 Å². The molecule has 2 aromatic carbocycles. The van der Waals surface area contributed by atoms with Crippen molar-refractivity contribution in [3.05, 3.63) is 94.1 Å². The van der Waals surface area contributed by atoms with Crippen molar-refractivity contribution in [2.75, 3.05) is 0 Å². The van der Waals surface area contributed by atoms with Gasteiger partial charge in [-0.2, -0.15) is 5.26 Å². The fourth-order valence-corrected chi connectivity index (χ4v) is 4.04. The van der Waals surface area contributed by atoms with Crippen molar-refractivity contribution in [3.63, 3.8) is 0 Å². The van der Waals surface area contributed by atoms with Crippen molar-refractivity contribution in [3.8, 4) is 28.5 Å². The Morgan fingerprint density at radius 3 is 2.38 bits per heavy atom. The Balaban J connectivity index is 1.93. The first-order valence-corrected chi connectivity index (χ1v) is 10.2. The van der Waals surface area contributed by atoms with Gasteiger partial charge in [0.1, 0.15) is 17.1 Å². The van der Waals surface area contributed by atoms with Gasteiger partial charge in [0.25, 0.3) is 0 Å². The van der Waals surface area contributed by atoms with E-state index in [1.807, 2.05) is 77.3 Å². The Labute approximate surface area is 180 Å². The zero-order valence-electron chi connectivity index (χ0n) is 15.1. The molecule has 3 nitrogen and oxygen atoms in total. The van der Waals surface area contributed by atoms with E-state index < -0.39 is 0 Å². The number of benzene rings is 2. The van der Waals surface area contributed by atoms with Gasteiger partial charge in [0.15, 0.2) is 0 Å². The molecule has 3 heterocycles. The van der Waals surface area contributed by atoms with E-state index in [9.17, 15) is 5.26 Å². The minimum atomic E-state index is 0.578. The Bertz CT molecular complexity index is 1410. The maximum absolute atomic E-state index is 9.89. The second kappa shape index (κ2) is 7.04. The second-order valence-electron chi connectivity index (χ2n) is 6.71. The lowest BCUT2D eigenvalue weighted by atomic mass is 10.0. The van der Waals surface area contributed by atoms with E-state index in [-0.39, 0.29) is 0 Å². The molecule has 0 fully saturated rings. The molecule has 5 heteroatoms. The van der Waals surface area contributed by atoms with Crippen LogP contribution in [-0.2, 0) is 0 Å². The Morgan fingerprint density at radius 1 is 0.931 bits per heavy atom. The normalized spacial score (nSPS) is 11.1. The molecule has 5 aromatic rings. The van der Waals surface area contributed by atoms with Crippen molar-refractivity contribution >= 4 is 44.1 Å². The summed E-state index contributed by atoms with van der Waals surface area (Å²) in [4.78, 5) is 4.90. The summed E-state index contributed by atoms with van der Waals surface area (Å²) in [5, 5.41) is 10.6. The van der Waals surface area contributed by atoms with Crippen molar-refractivity contribution in [1.82, 2.24) is 9.38 Å². The van der Waals surface area contributed by atoms with E-state index in [4.69, 9.17) is 16.6 Å². The van der Waals surface area contributed by atoms with E-state index in [1.54, 1.807) is 0 Å². The summed E-state index contributed by atoms with van der Waals surface area (Å²) in [6.07, 6.45) is 1.97. The van der Waals surface area contributed by atoms with Gasteiger partial charge in [0.05, 0.1) is 16.7 Å². The first-order chi connectivity index (χ1) is 14.2. The fraction of sp³-hybridized carbons (Fsp3) is 0. The zero-order chi connectivity index (χ0) is 20.0. The molecule has 0 radical (unpaired) electrons. The van der Waals surface area contributed by atoms with Crippen LogP contribution in [0.5, 0.6) is 0 Å². The summed E-state index contributed by atoms with van der Waals surface area (Å²) in [5.74, 6) is 0. The second-order valence-corrected chi connectivity index (χ2v) is 8.06. The summed E-state index contributed by atoms with van der Waals surface area (Å²) in [6, 6.07) is 26.1. The third-order valence-corrected chi connectivity index (χ3v) is 5.77. The van der Waals surface area contributed by atoms with Crippen LogP contribution in [0.2, 0.25) is 5.02 Å². The first-order valence-electron chi connectivity index (χ1n) is 9.01. The highest BCUT2D eigenvalue weighted by Crippen LogP contribution is 2.36.